The van der Waals surface area contributed by atoms with Crippen LogP contribution in [0.1, 0.15) is 24.2 Å². The molecule has 0 saturated carbocycles. The molecule has 0 aliphatic heterocycles. The van der Waals surface area contributed by atoms with E-state index in [0.717, 1.165) is 15.9 Å². The van der Waals surface area contributed by atoms with Gasteiger partial charge in [-0.1, -0.05) is 42.8 Å². The molecule has 0 aromatic heterocycles. The first-order chi connectivity index (χ1) is 9.61. The van der Waals surface area contributed by atoms with Crippen molar-refractivity contribution in [3.8, 4) is 0 Å². The molecular formula is C16H17BrClNS. The summed E-state index contributed by atoms with van der Waals surface area (Å²) in [5, 5.41) is 0.945. The third-order valence-electron chi connectivity index (χ3n) is 3.13. The molecule has 2 aromatic rings. The van der Waals surface area contributed by atoms with Crippen LogP contribution in [0.25, 0.3) is 0 Å². The largest absolute Gasteiger partial charge is 0.326 e. The summed E-state index contributed by atoms with van der Waals surface area (Å²) in [6.07, 6.45) is 0.925. The maximum absolute atomic E-state index is 6.32. The van der Waals surface area contributed by atoms with Crippen LogP contribution >= 0.6 is 39.3 Å². The third kappa shape index (κ3) is 4.01. The van der Waals surface area contributed by atoms with E-state index in [1.54, 1.807) is 11.8 Å². The molecule has 0 bridgehead atoms. The van der Waals surface area contributed by atoms with Gasteiger partial charge >= 0.3 is 0 Å². The molecule has 2 aromatic carbocycles. The Morgan fingerprint density at radius 1 is 1.20 bits per heavy atom. The van der Waals surface area contributed by atoms with Crippen molar-refractivity contribution < 1.29 is 0 Å². The second-order valence-corrected chi connectivity index (χ2v) is 7.07. The molecule has 0 saturated heterocycles. The van der Waals surface area contributed by atoms with E-state index in [9.17, 15) is 0 Å². The Hall–Kier alpha value is -0.480. The average Bonchev–Trinajstić information content (AvgIpc) is 2.45. The van der Waals surface area contributed by atoms with Gasteiger partial charge in [-0.3, -0.25) is 0 Å². The fourth-order valence-corrected chi connectivity index (χ4v) is 4.00. The van der Waals surface area contributed by atoms with E-state index in [4.69, 9.17) is 17.3 Å². The minimum absolute atomic E-state index is 0.0885. The van der Waals surface area contributed by atoms with Crippen LogP contribution < -0.4 is 5.73 Å². The molecule has 2 atom stereocenters. The van der Waals surface area contributed by atoms with Gasteiger partial charge in [0.15, 0.2) is 0 Å². The summed E-state index contributed by atoms with van der Waals surface area (Å²) in [6, 6.07) is 16.3. The third-order valence-corrected chi connectivity index (χ3v) is 5.80. The summed E-state index contributed by atoms with van der Waals surface area (Å²) in [7, 11) is 0. The van der Waals surface area contributed by atoms with E-state index >= 15 is 0 Å². The first kappa shape index (κ1) is 15.9. The van der Waals surface area contributed by atoms with Crippen LogP contribution in [0.2, 0.25) is 5.02 Å². The van der Waals surface area contributed by atoms with Crippen molar-refractivity contribution in [3.05, 3.63) is 63.6 Å². The lowest BCUT2D eigenvalue weighted by Crippen LogP contribution is -2.25. The lowest BCUT2D eigenvalue weighted by atomic mass is 10.0. The fourth-order valence-electron chi connectivity index (χ4n) is 1.98. The van der Waals surface area contributed by atoms with E-state index in [1.807, 2.05) is 30.3 Å². The van der Waals surface area contributed by atoms with Gasteiger partial charge in [-0.15, -0.1) is 11.8 Å². The number of hydrogen-bond acceptors (Lipinski definition) is 2. The minimum atomic E-state index is 0.0885. The summed E-state index contributed by atoms with van der Waals surface area (Å²) in [5.74, 6) is 0. The molecule has 2 unspecified atom stereocenters. The Bertz CT molecular complexity index is 576. The molecule has 0 spiro atoms. The monoisotopic (exact) mass is 369 g/mol. The summed E-state index contributed by atoms with van der Waals surface area (Å²) in [4.78, 5) is 1.20. The highest BCUT2D eigenvalue weighted by Gasteiger charge is 2.21. The van der Waals surface area contributed by atoms with E-state index in [1.165, 1.54) is 10.5 Å². The molecular weight excluding hydrogens is 354 g/mol. The maximum Gasteiger partial charge on any atom is 0.0496 e. The van der Waals surface area contributed by atoms with Crippen LogP contribution in [-0.4, -0.2) is 6.04 Å². The summed E-state index contributed by atoms with van der Waals surface area (Å²) in [6.45, 7) is 2.11. The molecule has 0 aliphatic rings. The second kappa shape index (κ2) is 7.51. The lowest BCUT2D eigenvalue weighted by Gasteiger charge is -2.23. The quantitative estimate of drug-likeness (QED) is 0.686. The van der Waals surface area contributed by atoms with Crippen LogP contribution in [0.5, 0.6) is 0 Å². The number of benzene rings is 2. The predicted molar refractivity (Wildman–Crippen MR) is 92.5 cm³/mol. The number of rotatable bonds is 5. The molecule has 0 aliphatic carbocycles. The molecule has 4 heteroatoms. The smallest absolute Gasteiger partial charge is 0.0496 e. The van der Waals surface area contributed by atoms with Gasteiger partial charge in [-0.25, -0.2) is 0 Å². The van der Waals surface area contributed by atoms with E-state index in [-0.39, 0.29) is 11.3 Å². The highest BCUT2D eigenvalue weighted by Crippen LogP contribution is 2.41. The van der Waals surface area contributed by atoms with Gasteiger partial charge in [-0.2, -0.15) is 0 Å². The van der Waals surface area contributed by atoms with Gasteiger partial charge < -0.3 is 5.73 Å². The van der Waals surface area contributed by atoms with Gasteiger partial charge in [0.25, 0.3) is 0 Å². The minimum Gasteiger partial charge on any atom is -0.326 e. The van der Waals surface area contributed by atoms with Gasteiger partial charge in [0.2, 0.25) is 0 Å². The zero-order valence-corrected chi connectivity index (χ0v) is 14.4. The zero-order valence-electron chi connectivity index (χ0n) is 11.2. The standard InChI is InChI=1S/C16H17BrClNS/c1-2-14(19)16(11-6-5-7-12(18)10-11)20-15-9-4-3-8-13(15)17/h3-10,14,16H,2,19H2,1H3. The molecule has 0 amide bonds. The Balaban J connectivity index is 2.31. The van der Waals surface area contributed by atoms with E-state index < -0.39 is 0 Å². The van der Waals surface area contributed by atoms with Crippen LogP contribution in [-0.2, 0) is 0 Å². The van der Waals surface area contributed by atoms with Crippen LogP contribution in [0.15, 0.2) is 57.9 Å². The average molecular weight is 371 g/mol. The molecule has 0 fully saturated rings. The number of halogens is 2. The van der Waals surface area contributed by atoms with Gasteiger partial charge in [-0.05, 0) is 52.2 Å². The lowest BCUT2D eigenvalue weighted by molar-refractivity contribution is 0.634. The second-order valence-electron chi connectivity index (χ2n) is 4.60. The fraction of sp³-hybridized carbons (Fsp3) is 0.250. The van der Waals surface area contributed by atoms with Gasteiger partial charge in [0.1, 0.15) is 0 Å². The molecule has 1 nitrogen and oxygen atoms in total. The van der Waals surface area contributed by atoms with Crippen molar-refractivity contribution in [3.63, 3.8) is 0 Å². The van der Waals surface area contributed by atoms with Crippen molar-refractivity contribution >= 4 is 39.3 Å². The molecule has 106 valence electrons. The van der Waals surface area contributed by atoms with Crippen LogP contribution in [0, 0.1) is 0 Å². The van der Waals surface area contributed by atoms with Crippen LogP contribution in [0.4, 0.5) is 0 Å². The van der Waals surface area contributed by atoms with Crippen molar-refractivity contribution in [1.29, 1.82) is 0 Å². The normalized spacial score (nSPS) is 14.0. The topological polar surface area (TPSA) is 26.0 Å². The molecule has 0 radical (unpaired) electrons. The van der Waals surface area contributed by atoms with Gasteiger partial charge in [0, 0.05) is 25.7 Å². The highest BCUT2D eigenvalue weighted by atomic mass is 79.9. The Morgan fingerprint density at radius 2 is 1.95 bits per heavy atom. The molecule has 20 heavy (non-hydrogen) atoms. The van der Waals surface area contributed by atoms with E-state index in [0.29, 0.717) is 0 Å². The summed E-state index contributed by atoms with van der Waals surface area (Å²) >= 11 is 11.5. The first-order valence-corrected chi connectivity index (χ1v) is 8.59. The van der Waals surface area contributed by atoms with Crippen molar-refractivity contribution in [2.45, 2.75) is 29.5 Å². The predicted octanol–water partition coefficient (Wildman–Crippen LogP) is 5.67. The summed E-state index contributed by atoms with van der Waals surface area (Å²) in [5.41, 5.74) is 7.49. The Morgan fingerprint density at radius 3 is 2.60 bits per heavy atom. The number of nitrogens with two attached hydrogens (primary N) is 1. The summed E-state index contributed by atoms with van der Waals surface area (Å²) < 4.78 is 1.10. The van der Waals surface area contributed by atoms with Crippen molar-refractivity contribution in [2.75, 3.05) is 0 Å². The van der Waals surface area contributed by atoms with Crippen molar-refractivity contribution in [2.24, 2.45) is 5.73 Å². The molecule has 2 rings (SSSR count). The van der Waals surface area contributed by atoms with E-state index in [2.05, 4.69) is 41.1 Å². The Kier molecular flexibility index (Phi) is 5.97. The van der Waals surface area contributed by atoms with Gasteiger partial charge in [0.05, 0.1) is 0 Å². The Labute approximate surface area is 138 Å². The maximum atomic E-state index is 6.32. The first-order valence-electron chi connectivity index (χ1n) is 6.54. The number of hydrogen-bond donors (Lipinski definition) is 1. The van der Waals surface area contributed by atoms with Crippen molar-refractivity contribution in [1.82, 2.24) is 0 Å². The number of thioether (sulfide) groups is 1. The molecule has 2 N–H and O–H groups in total. The highest BCUT2D eigenvalue weighted by molar-refractivity contribution is 9.10. The SMILES string of the molecule is CCC(N)C(Sc1ccccc1Br)c1cccc(Cl)c1. The zero-order chi connectivity index (χ0) is 14.5. The molecule has 0 heterocycles. The van der Waals surface area contributed by atoms with Crippen LogP contribution in [0.3, 0.4) is 0 Å².